The maximum absolute atomic E-state index is 12.8. The lowest BCUT2D eigenvalue weighted by Gasteiger charge is -2.12. The number of methoxy groups -OCH3 is 1. The van der Waals surface area contributed by atoms with Gasteiger partial charge in [-0.25, -0.2) is 4.39 Å². The van der Waals surface area contributed by atoms with Gasteiger partial charge >= 0.3 is 5.97 Å². The highest BCUT2D eigenvalue weighted by Crippen LogP contribution is 2.20. The van der Waals surface area contributed by atoms with Crippen LogP contribution in [0.2, 0.25) is 0 Å². The third-order valence-corrected chi connectivity index (χ3v) is 1.86. The van der Waals surface area contributed by atoms with Crippen molar-refractivity contribution in [2.24, 2.45) is 0 Å². The summed E-state index contributed by atoms with van der Waals surface area (Å²) in [6.07, 6.45) is -0.761. The molecule has 0 saturated carbocycles. The van der Waals surface area contributed by atoms with E-state index in [4.69, 9.17) is 9.84 Å². The third-order valence-electron chi connectivity index (χ3n) is 1.86. The van der Waals surface area contributed by atoms with Crippen molar-refractivity contribution in [2.75, 3.05) is 7.11 Å². The zero-order valence-electron chi connectivity index (χ0n) is 7.74. The first kappa shape index (κ1) is 10.7. The van der Waals surface area contributed by atoms with E-state index in [1.54, 1.807) is 6.07 Å². The number of hydrogen-bond acceptors (Lipinski definition) is 2. The van der Waals surface area contributed by atoms with Crippen molar-refractivity contribution in [1.29, 1.82) is 0 Å². The zero-order chi connectivity index (χ0) is 10.6. The van der Waals surface area contributed by atoms with Crippen molar-refractivity contribution < 1.29 is 19.0 Å². The molecule has 14 heavy (non-hydrogen) atoms. The normalized spacial score (nSPS) is 12.4. The molecule has 1 aromatic carbocycles. The van der Waals surface area contributed by atoms with E-state index in [1.807, 2.05) is 0 Å². The van der Waals surface area contributed by atoms with E-state index in [-0.39, 0.29) is 6.42 Å². The van der Waals surface area contributed by atoms with Gasteiger partial charge in [0.1, 0.15) is 5.82 Å². The fraction of sp³-hybridized carbons (Fsp3) is 0.300. The average Bonchev–Trinajstić information content (AvgIpc) is 2.14. The second kappa shape index (κ2) is 4.72. The average molecular weight is 198 g/mol. The fourth-order valence-corrected chi connectivity index (χ4v) is 1.20. The van der Waals surface area contributed by atoms with Crippen molar-refractivity contribution in [3.05, 3.63) is 35.6 Å². The highest BCUT2D eigenvalue weighted by Gasteiger charge is 2.14. The molecular formula is C10H11FO3. The Kier molecular flexibility index (Phi) is 3.59. The molecule has 0 fully saturated rings. The lowest BCUT2D eigenvalue weighted by molar-refractivity contribution is -0.139. The summed E-state index contributed by atoms with van der Waals surface area (Å²) in [6.45, 7) is 0. The molecule has 0 saturated heterocycles. The van der Waals surface area contributed by atoms with Gasteiger partial charge in [0.05, 0.1) is 12.5 Å². The summed E-state index contributed by atoms with van der Waals surface area (Å²) >= 11 is 0. The zero-order valence-corrected chi connectivity index (χ0v) is 7.74. The van der Waals surface area contributed by atoms with Gasteiger partial charge in [0.2, 0.25) is 0 Å². The smallest absolute Gasteiger partial charge is 0.306 e. The van der Waals surface area contributed by atoms with E-state index < -0.39 is 17.9 Å². The van der Waals surface area contributed by atoms with Gasteiger partial charge in [-0.2, -0.15) is 0 Å². The SMILES string of the molecule is COC(CC(=O)O)c1cccc(F)c1. The van der Waals surface area contributed by atoms with Crippen LogP contribution < -0.4 is 0 Å². The number of carboxylic acid groups (broad SMARTS) is 1. The third kappa shape index (κ3) is 2.81. The van der Waals surface area contributed by atoms with E-state index >= 15 is 0 Å². The van der Waals surface area contributed by atoms with Crippen molar-refractivity contribution in [2.45, 2.75) is 12.5 Å². The van der Waals surface area contributed by atoms with Crippen molar-refractivity contribution in [1.82, 2.24) is 0 Å². The molecule has 1 aromatic rings. The topological polar surface area (TPSA) is 46.5 Å². The van der Waals surface area contributed by atoms with Crippen LogP contribution in [0.3, 0.4) is 0 Å². The Bertz CT molecular complexity index is 325. The Labute approximate surface area is 81.1 Å². The molecule has 3 nitrogen and oxygen atoms in total. The Morgan fingerprint density at radius 1 is 1.64 bits per heavy atom. The van der Waals surface area contributed by atoms with Gasteiger partial charge in [-0.15, -0.1) is 0 Å². The quantitative estimate of drug-likeness (QED) is 0.804. The molecule has 0 aliphatic heterocycles. The van der Waals surface area contributed by atoms with Gasteiger partial charge in [-0.3, -0.25) is 4.79 Å². The summed E-state index contributed by atoms with van der Waals surface area (Å²) in [5.41, 5.74) is 0.537. The maximum atomic E-state index is 12.8. The first-order chi connectivity index (χ1) is 6.63. The van der Waals surface area contributed by atoms with Crippen molar-refractivity contribution >= 4 is 5.97 Å². The maximum Gasteiger partial charge on any atom is 0.306 e. The van der Waals surface area contributed by atoms with Gasteiger partial charge in [0, 0.05) is 7.11 Å². The van der Waals surface area contributed by atoms with Crippen LogP contribution in [-0.4, -0.2) is 18.2 Å². The Balaban J connectivity index is 2.83. The summed E-state index contributed by atoms with van der Waals surface area (Å²) in [6, 6.07) is 5.74. The van der Waals surface area contributed by atoms with Crippen LogP contribution in [0.5, 0.6) is 0 Å². The van der Waals surface area contributed by atoms with Gasteiger partial charge in [-0.05, 0) is 17.7 Å². The summed E-state index contributed by atoms with van der Waals surface area (Å²) in [7, 11) is 1.40. The number of halogens is 1. The van der Waals surface area contributed by atoms with E-state index in [9.17, 15) is 9.18 Å². The minimum Gasteiger partial charge on any atom is -0.481 e. The predicted octanol–water partition coefficient (Wildman–Crippen LogP) is 1.99. The molecule has 1 rings (SSSR count). The van der Waals surface area contributed by atoms with Crippen LogP contribution in [0.1, 0.15) is 18.1 Å². The number of aliphatic carboxylic acids is 1. The van der Waals surface area contributed by atoms with Gasteiger partial charge in [0.25, 0.3) is 0 Å². The van der Waals surface area contributed by atoms with Crippen LogP contribution in [0.4, 0.5) is 4.39 Å². The number of hydrogen-bond donors (Lipinski definition) is 1. The summed E-state index contributed by atoms with van der Waals surface area (Å²) < 4.78 is 17.8. The molecule has 0 amide bonds. The molecule has 0 heterocycles. The second-order valence-corrected chi connectivity index (χ2v) is 2.88. The fourth-order valence-electron chi connectivity index (χ4n) is 1.20. The minimum atomic E-state index is -0.971. The van der Waals surface area contributed by atoms with Gasteiger partial charge in [-0.1, -0.05) is 12.1 Å². The van der Waals surface area contributed by atoms with E-state index in [1.165, 1.54) is 25.3 Å². The molecular weight excluding hydrogens is 187 g/mol. The summed E-state index contributed by atoms with van der Waals surface area (Å²) in [4.78, 5) is 10.5. The van der Waals surface area contributed by atoms with Gasteiger partial charge in [0.15, 0.2) is 0 Å². The number of rotatable bonds is 4. The largest absolute Gasteiger partial charge is 0.481 e. The molecule has 0 spiro atoms. The van der Waals surface area contributed by atoms with E-state index in [2.05, 4.69) is 0 Å². The van der Waals surface area contributed by atoms with Gasteiger partial charge < -0.3 is 9.84 Å². The summed E-state index contributed by atoms with van der Waals surface area (Å²) in [5.74, 6) is -1.36. The molecule has 0 aliphatic rings. The van der Waals surface area contributed by atoms with E-state index in [0.29, 0.717) is 5.56 Å². The predicted molar refractivity (Wildman–Crippen MR) is 48.4 cm³/mol. The molecule has 1 atom stereocenters. The van der Waals surface area contributed by atoms with Crippen molar-refractivity contribution in [3.8, 4) is 0 Å². The summed E-state index contributed by atoms with van der Waals surface area (Å²) in [5, 5.41) is 8.57. The number of carboxylic acids is 1. The molecule has 0 radical (unpaired) electrons. The molecule has 0 bridgehead atoms. The first-order valence-electron chi connectivity index (χ1n) is 4.13. The number of carbonyl (C=O) groups is 1. The molecule has 4 heteroatoms. The molecule has 0 aliphatic carbocycles. The number of ether oxygens (including phenoxy) is 1. The Hall–Kier alpha value is -1.42. The molecule has 1 unspecified atom stereocenters. The lowest BCUT2D eigenvalue weighted by Crippen LogP contribution is -2.08. The molecule has 76 valence electrons. The van der Waals surface area contributed by atoms with Crippen LogP contribution in [-0.2, 0) is 9.53 Å². The molecule has 1 N–H and O–H groups in total. The van der Waals surface area contributed by atoms with E-state index in [0.717, 1.165) is 0 Å². The Morgan fingerprint density at radius 3 is 2.86 bits per heavy atom. The minimum absolute atomic E-state index is 0.167. The lowest BCUT2D eigenvalue weighted by atomic mass is 10.1. The van der Waals surface area contributed by atoms with Crippen molar-refractivity contribution in [3.63, 3.8) is 0 Å². The Morgan fingerprint density at radius 2 is 2.36 bits per heavy atom. The standard InChI is InChI=1S/C10H11FO3/c1-14-9(6-10(12)13)7-3-2-4-8(11)5-7/h2-5,9H,6H2,1H3,(H,12,13). The number of benzene rings is 1. The second-order valence-electron chi connectivity index (χ2n) is 2.88. The van der Waals surface area contributed by atoms with Crippen LogP contribution in [0.25, 0.3) is 0 Å². The van der Waals surface area contributed by atoms with Crippen LogP contribution in [0.15, 0.2) is 24.3 Å². The van der Waals surface area contributed by atoms with Crippen LogP contribution in [0, 0.1) is 5.82 Å². The molecule has 0 aromatic heterocycles. The first-order valence-corrected chi connectivity index (χ1v) is 4.13. The highest BCUT2D eigenvalue weighted by atomic mass is 19.1. The highest BCUT2D eigenvalue weighted by molar-refractivity contribution is 5.67. The van der Waals surface area contributed by atoms with Crippen LogP contribution >= 0.6 is 0 Å². The monoisotopic (exact) mass is 198 g/mol.